The number of fused-ring (bicyclic) bond motifs is 1. The zero-order valence-electron chi connectivity index (χ0n) is 11.2. The number of rotatable bonds is 5. The maximum absolute atomic E-state index is 11.1. The van der Waals surface area contributed by atoms with E-state index in [-0.39, 0.29) is 11.9 Å². The van der Waals surface area contributed by atoms with Crippen LogP contribution in [0.2, 0.25) is 0 Å². The van der Waals surface area contributed by atoms with Crippen molar-refractivity contribution in [2.45, 2.75) is 32.7 Å². The van der Waals surface area contributed by atoms with Gasteiger partial charge in [0, 0.05) is 24.8 Å². The fourth-order valence-electron chi connectivity index (χ4n) is 2.39. The van der Waals surface area contributed by atoms with Crippen LogP contribution >= 0.6 is 11.6 Å². The van der Waals surface area contributed by atoms with Gasteiger partial charge in [0.05, 0.1) is 11.0 Å². The Hall–Kier alpha value is -1.55. The largest absolute Gasteiger partial charge is 0.370 e. The molecule has 0 saturated carbocycles. The van der Waals surface area contributed by atoms with Crippen molar-refractivity contribution >= 4 is 28.5 Å². The Bertz CT molecular complexity index is 606. The summed E-state index contributed by atoms with van der Waals surface area (Å²) in [5.74, 6) is 1.11. The predicted molar refractivity (Wildman–Crippen MR) is 77.4 cm³/mol. The standard InChI is InChI=1S/C14H18ClN3O/c1-9-3-4-11-12(7-9)18(10(2)8-13(16)19)14(17-11)5-6-15/h3-4,7,10H,5-6,8H2,1-2H3,(H2,16,19). The number of benzene rings is 1. The molecule has 0 aliphatic heterocycles. The Morgan fingerprint density at radius 2 is 2.26 bits per heavy atom. The molecular weight excluding hydrogens is 262 g/mol. The SMILES string of the molecule is Cc1ccc2nc(CCCl)n(C(C)CC(N)=O)c2c1. The molecule has 4 nitrogen and oxygen atoms in total. The van der Waals surface area contributed by atoms with E-state index in [1.165, 1.54) is 0 Å². The molecule has 0 radical (unpaired) electrons. The molecule has 0 aliphatic rings. The zero-order chi connectivity index (χ0) is 14.0. The molecule has 0 fully saturated rings. The molecule has 2 aromatic rings. The smallest absolute Gasteiger partial charge is 0.219 e. The van der Waals surface area contributed by atoms with Gasteiger partial charge in [-0.05, 0) is 31.5 Å². The van der Waals surface area contributed by atoms with Gasteiger partial charge in [-0.25, -0.2) is 4.98 Å². The number of carbonyl (C=O) groups is 1. The number of aromatic nitrogens is 2. The summed E-state index contributed by atoms with van der Waals surface area (Å²) in [5, 5.41) is 0. The molecule has 1 aromatic carbocycles. The highest BCUT2D eigenvalue weighted by Gasteiger charge is 2.17. The highest BCUT2D eigenvalue weighted by Crippen LogP contribution is 2.24. The van der Waals surface area contributed by atoms with Crippen molar-refractivity contribution in [2.75, 3.05) is 5.88 Å². The van der Waals surface area contributed by atoms with Gasteiger partial charge >= 0.3 is 0 Å². The molecular formula is C14H18ClN3O. The highest BCUT2D eigenvalue weighted by atomic mass is 35.5. The van der Waals surface area contributed by atoms with Gasteiger partial charge in [-0.2, -0.15) is 0 Å². The first-order valence-electron chi connectivity index (χ1n) is 6.34. The summed E-state index contributed by atoms with van der Waals surface area (Å²) in [6.45, 7) is 4.02. The molecule has 102 valence electrons. The summed E-state index contributed by atoms with van der Waals surface area (Å²) in [4.78, 5) is 15.7. The number of alkyl halides is 1. The summed E-state index contributed by atoms with van der Waals surface area (Å²) in [7, 11) is 0. The maximum Gasteiger partial charge on any atom is 0.219 e. The second kappa shape index (κ2) is 5.61. The Kier molecular flexibility index (Phi) is 4.10. The molecule has 2 rings (SSSR count). The molecule has 1 aromatic heterocycles. The minimum absolute atomic E-state index is 0.0116. The maximum atomic E-state index is 11.1. The van der Waals surface area contributed by atoms with Gasteiger partial charge < -0.3 is 10.3 Å². The lowest BCUT2D eigenvalue weighted by molar-refractivity contribution is -0.118. The van der Waals surface area contributed by atoms with Crippen LogP contribution in [0.15, 0.2) is 18.2 Å². The molecule has 0 saturated heterocycles. The number of amides is 1. The Morgan fingerprint density at radius 1 is 1.53 bits per heavy atom. The number of aryl methyl sites for hydroxylation is 2. The first kappa shape index (κ1) is 13.9. The van der Waals surface area contributed by atoms with Crippen LogP contribution < -0.4 is 5.73 Å². The summed E-state index contributed by atoms with van der Waals surface area (Å²) in [6, 6.07) is 6.10. The minimum Gasteiger partial charge on any atom is -0.370 e. The fourth-order valence-corrected chi connectivity index (χ4v) is 2.56. The third kappa shape index (κ3) is 2.89. The van der Waals surface area contributed by atoms with Crippen molar-refractivity contribution < 1.29 is 4.79 Å². The van der Waals surface area contributed by atoms with Gasteiger partial charge in [0.1, 0.15) is 5.82 Å². The normalized spacial score (nSPS) is 12.8. The lowest BCUT2D eigenvalue weighted by Crippen LogP contribution is -2.19. The van der Waals surface area contributed by atoms with E-state index in [4.69, 9.17) is 17.3 Å². The number of hydrogen-bond acceptors (Lipinski definition) is 2. The van der Waals surface area contributed by atoms with Gasteiger partial charge in [0.25, 0.3) is 0 Å². The Balaban J connectivity index is 2.55. The molecule has 0 spiro atoms. The topological polar surface area (TPSA) is 60.9 Å². The van der Waals surface area contributed by atoms with Crippen molar-refractivity contribution in [3.8, 4) is 0 Å². The lowest BCUT2D eigenvalue weighted by atomic mass is 10.2. The third-order valence-corrected chi connectivity index (χ3v) is 3.36. The van der Waals surface area contributed by atoms with E-state index in [0.717, 1.165) is 22.4 Å². The average molecular weight is 280 g/mol. The van der Waals surface area contributed by atoms with E-state index in [1.807, 2.05) is 26.0 Å². The molecule has 1 atom stereocenters. The van der Waals surface area contributed by atoms with Gasteiger partial charge in [-0.15, -0.1) is 11.6 Å². The van der Waals surface area contributed by atoms with Crippen molar-refractivity contribution in [3.05, 3.63) is 29.6 Å². The van der Waals surface area contributed by atoms with Gasteiger partial charge in [0.2, 0.25) is 5.91 Å². The van der Waals surface area contributed by atoms with Crippen LogP contribution in [0.3, 0.4) is 0 Å². The number of nitrogens with zero attached hydrogens (tertiary/aromatic N) is 2. The van der Waals surface area contributed by atoms with Crippen LogP contribution in [0.5, 0.6) is 0 Å². The Morgan fingerprint density at radius 3 is 2.89 bits per heavy atom. The zero-order valence-corrected chi connectivity index (χ0v) is 11.9. The second-order valence-electron chi connectivity index (χ2n) is 4.85. The van der Waals surface area contributed by atoms with Crippen LogP contribution in [0.1, 0.15) is 30.8 Å². The summed E-state index contributed by atoms with van der Waals surface area (Å²) in [6.07, 6.45) is 0.979. The van der Waals surface area contributed by atoms with E-state index in [1.54, 1.807) is 0 Å². The monoisotopic (exact) mass is 279 g/mol. The van der Waals surface area contributed by atoms with Gasteiger partial charge in [0.15, 0.2) is 0 Å². The summed E-state index contributed by atoms with van der Waals surface area (Å²) >= 11 is 5.83. The molecule has 1 unspecified atom stereocenters. The van der Waals surface area contributed by atoms with Crippen molar-refractivity contribution in [1.29, 1.82) is 0 Å². The van der Waals surface area contributed by atoms with Crippen LogP contribution in [0, 0.1) is 6.92 Å². The van der Waals surface area contributed by atoms with Crippen LogP contribution in [0.4, 0.5) is 0 Å². The molecule has 2 N–H and O–H groups in total. The molecule has 5 heteroatoms. The lowest BCUT2D eigenvalue weighted by Gasteiger charge is -2.16. The quantitative estimate of drug-likeness (QED) is 0.855. The van der Waals surface area contributed by atoms with E-state index in [2.05, 4.69) is 15.6 Å². The van der Waals surface area contributed by atoms with Gasteiger partial charge in [-0.1, -0.05) is 6.07 Å². The molecule has 1 heterocycles. The third-order valence-electron chi connectivity index (χ3n) is 3.17. The van der Waals surface area contributed by atoms with Crippen LogP contribution in [-0.4, -0.2) is 21.3 Å². The predicted octanol–water partition coefficient (Wildman–Crippen LogP) is 2.56. The number of halogens is 1. The van der Waals surface area contributed by atoms with Crippen LogP contribution in [0.25, 0.3) is 11.0 Å². The number of hydrogen-bond donors (Lipinski definition) is 1. The molecule has 1 amide bonds. The fraction of sp³-hybridized carbons (Fsp3) is 0.429. The first-order chi connectivity index (χ1) is 9.02. The molecule has 0 bridgehead atoms. The van der Waals surface area contributed by atoms with Gasteiger partial charge in [-0.3, -0.25) is 4.79 Å². The molecule has 19 heavy (non-hydrogen) atoms. The van der Waals surface area contributed by atoms with E-state index in [9.17, 15) is 4.79 Å². The van der Waals surface area contributed by atoms with Crippen LogP contribution in [-0.2, 0) is 11.2 Å². The van der Waals surface area contributed by atoms with Crippen molar-refractivity contribution in [3.63, 3.8) is 0 Å². The van der Waals surface area contributed by atoms with E-state index in [0.29, 0.717) is 18.7 Å². The minimum atomic E-state index is -0.307. The number of primary amides is 1. The highest BCUT2D eigenvalue weighted by molar-refractivity contribution is 6.17. The number of nitrogens with two attached hydrogens (primary N) is 1. The summed E-state index contributed by atoms with van der Waals surface area (Å²) in [5.41, 5.74) is 8.43. The number of imidazole rings is 1. The number of carbonyl (C=O) groups excluding carboxylic acids is 1. The Labute approximate surface area is 117 Å². The second-order valence-corrected chi connectivity index (χ2v) is 5.23. The summed E-state index contributed by atoms with van der Waals surface area (Å²) < 4.78 is 2.08. The van der Waals surface area contributed by atoms with Crippen molar-refractivity contribution in [1.82, 2.24) is 9.55 Å². The van der Waals surface area contributed by atoms with E-state index >= 15 is 0 Å². The first-order valence-corrected chi connectivity index (χ1v) is 6.88. The van der Waals surface area contributed by atoms with Crippen molar-refractivity contribution in [2.24, 2.45) is 5.73 Å². The molecule has 0 aliphatic carbocycles. The average Bonchev–Trinajstić information content (AvgIpc) is 2.65. The van der Waals surface area contributed by atoms with E-state index < -0.39 is 0 Å².